The summed E-state index contributed by atoms with van der Waals surface area (Å²) in [5.74, 6) is 0.978. The second-order valence-corrected chi connectivity index (χ2v) is 7.27. The number of aryl methyl sites for hydroxylation is 1. The number of nitrogens with one attached hydrogen (secondary N) is 1. The van der Waals surface area contributed by atoms with Gasteiger partial charge in [-0.15, -0.1) is 0 Å². The quantitative estimate of drug-likeness (QED) is 0.928. The van der Waals surface area contributed by atoms with E-state index in [0.717, 1.165) is 56.7 Å². The van der Waals surface area contributed by atoms with Gasteiger partial charge in [0.05, 0.1) is 0 Å². The predicted octanol–water partition coefficient (Wildman–Crippen LogP) is 2.70. The maximum absolute atomic E-state index is 12.6. The fourth-order valence-corrected chi connectivity index (χ4v) is 3.93. The first-order chi connectivity index (χ1) is 11.2. The lowest BCUT2D eigenvalue weighted by Crippen LogP contribution is -2.52. The Morgan fingerprint density at radius 2 is 1.91 bits per heavy atom. The van der Waals surface area contributed by atoms with Gasteiger partial charge in [0.15, 0.2) is 0 Å². The number of nitrogens with zero attached hydrogens (tertiary/aromatic N) is 3. The summed E-state index contributed by atoms with van der Waals surface area (Å²) in [6, 6.07) is 2.66. The molecule has 2 aliphatic rings. The van der Waals surface area contributed by atoms with Crippen LogP contribution in [-0.4, -0.2) is 58.1 Å². The van der Waals surface area contributed by atoms with Crippen molar-refractivity contribution in [1.82, 2.24) is 20.0 Å². The van der Waals surface area contributed by atoms with Crippen LogP contribution in [0.25, 0.3) is 0 Å². The zero-order valence-electron chi connectivity index (χ0n) is 14.6. The molecule has 0 radical (unpaired) electrons. The molecule has 1 saturated heterocycles. The van der Waals surface area contributed by atoms with E-state index in [2.05, 4.69) is 28.9 Å². The number of hydrogen-bond acceptors (Lipinski definition) is 3. The number of rotatable bonds is 4. The fraction of sp³-hybridized carbons (Fsp3) is 0.778. The number of aromatic amines is 1. The van der Waals surface area contributed by atoms with Gasteiger partial charge in [0.2, 0.25) is 0 Å². The summed E-state index contributed by atoms with van der Waals surface area (Å²) in [5.41, 5.74) is 1.64. The minimum Gasteiger partial charge on any atom is -0.335 e. The van der Waals surface area contributed by atoms with E-state index in [9.17, 15) is 4.79 Å². The summed E-state index contributed by atoms with van der Waals surface area (Å²) < 4.78 is 0. The van der Waals surface area contributed by atoms with Crippen molar-refractivity contribution >= 4 is 5.91 Å². The molecule has 1 N–H and O–H groups in total. The van der Waals surface area contributed by atoms with Crippen molar-refractivity contribution in [2.75, 3.05) is 26.2 Å². The molecule has 5 heteroatoms. The summed E-state index contributed by atoms with van der Waals surface area (Å²) in [4.78, 5) is 17.1. The Bertz CT molecular complexity index is 511. The van der Waals surface area contributed by atoms with E-state index in [1.807, 2.05) is 11.0 Å². The highest BCUT2D eigenvalue weighted by Gasteiger charge is 2.29. The second kappa shape index (κ2) is 7.47. The number of piperazine rings is 1. The molecule has 0 atom stereocenters. The van der Waals surface area contributed by atoms with Gasteiger partial charge in [0.1, 0.15) is 5.69 Å². The van der Waals surface area contributed by atoms with Crippen LogP contribution in [0, 0.1) is 5.92 Å². The molecule has 1 aromatic rings. The van der Waals surface area contributed by atoms with Crippen molar-refractivity contribution in [3.8, 4) is 0 Å². The van der Waals surface area contributed by atoms with Gasteiger partial charge in [0, 0.05) is 37.9 Å². The average Bonchev–Trinajstić information content (AvgIpc) is 3.04. The van der Waals surface area contributed by atoms with Gasteiger partial charge in [-0.05, 0) is 44.1 Å². The molecule has 0 aromatic carbocycles. The van der Waals surface area contributed by atoms with E-state index >= 15 is 0 Å². The maximum atomic E-state index is 12.6. The topological polar surface area (TPSA) is 52.2 Å². The number of amides is 1. The predicted molar refractivity (Wildman–Crippen MR) is 91.5 cm³/mol. The van der Waals surface area contributed by atoms with Gasteiger partial charge in [-0.1, -0.05) is 20.3 Å². The van der Waals surface area contributed by atoms with Gasteiger partial charge in [-0.25, -0.2) is 0 Å². The van der Waals surface area contributed by atoms with Crippen molar-refractivity contribution in [1.29, 1.82) is 0 Å². The van der Waals surface area contributed by atoms with E-state index in [4.69, 9.17) is 0 Å². The Labute approximate surface area is 139 Å². The van der Waals surface area contributed by atoms with E-state index in [1.54, 1.807) is 0 Å². The van der Waals surface area contributed by atoms with Crippen molar-refractivity contribution in [2.24, 2.45) is 5.92 Å². The van der Waals surface area contributed by atoms with Crippen LogP contribution in [0.2, 0.25) is 0 Å². The molecule has 1 aliphatic heterocycles. The van der Waals surface area contributed by atoms with Crippen molar-refractivity contribution in [2.45, 2.75) is 58.4 Å². The van der Waals surface area contributed by atoms with Crippen LogP contribution in [0.5, 0.6) is 0 Å². The third kappa shape index (κ3) is 3.94. The molecule has 5 nitrogen and oxygen atoms in total. The molecule has 2 heterocycles. The Kier molecular flexibility index (Phi) is 5.36. The number of H-pyrrole nitrogens is 1. The van der Waals surface area contributed by atoms with E-state index in [1.165, 1.54) is 25.7 Å². The number of carbonyl (C=O) groups excluding carboxylic acids is 1. The molecule has 1 saturated carbocycles. The Hall–Kier alpha value is -1.36. The Morgan fingerprint density at radius 1 is 1.22 bits per heavy atom. The SMILES string of the molecule is CCCc1cc(C(=O)N2CCN(C3CCC(C)CC3)CC2)n[nH]1. The van der Waals surface area contributed by atoms with Crippen molar-refractivity contribution in [3.05, 3.63) is 17.5 Å². The van der Waals surface area contributed by atoms with Crippen LogP contribution >= 0.6 is 0 Å². The average molecular weight is 318 g/mol. The molecule has 3 rings (SSSR count). The smallest absolute Gasteiger partial charge is 0.274 e. The highest BCUT2D eigenvalue weighted by molar-refractivity contribution is 5.92. The first-order valence-electron chi connectivity index (χ1n) is 9.25. The molecule has 23 heavy (non-hydrogen) atoms. The second-order valence-electron chi connectivity index (χ2n) is 7.27. The van der Waals surface area contributed by atoms with E-state index < -0.39 is 0 Å². The number of carbonyl (C=O) groups is 1. The normalized spacial score (nSPS) is 26.4. The zero-order valence-corrected chi connectivity index (χ0v) is 14.6. The Balaban J connectivity index is 1.50. The van der Waals surface area contributed by atoms with Crippen LogP contribution in [0.4, 0.5) is 0 Å². The van der Waals surface area contributed by atoms with Crippen molar-refractivity contribution in [3.63, 3.8) is 0 Å². The lowest BCUT2D eigenvalue weighted by atomic mass is 9.86. The molecule has 1 amide bonds. The summed E-state index contributed by atoms with van der Waals surface area (Å²) in [6.07, 6.45) is 7.39. The molecule has 1 aliphatic carbocycles. The lowest BCUT2D eigenvalue weighted by Gasteiger charge is -2.41. The molecule has 2 fully saturated rings. The summed E-state index contributed by atoms with van der Waals surface area (Å²) in [7, 11) is 0. The minimum absolute atomic E-state index is 0.0838. The van der Waals surface area contributed by atoms with Crippen LogP contribution in [0.15, 0.2) is 6.07 Å². The van der Waals surface area contributed by atoms with Crippen LogP contribution in [0.1, 0.15) is 62.1 Å². The molecule has 0 unspecified atom stereocenters. The van der Waals surface area contributed by atoms with E-state index in [0.29, 0.717) is 5.69 Å². The molecular weight excluding hydrogens is 288 g/mol. The molecule has 1 aromatic heterocycles. The standard InChI is InChI=1S/C18H30N4O/c1-3-4-15-13-17(20-19-15)18(23)22-11-9-21(10-12-22)16-7-5-14(2)6-8-16/h13-14,16H,3-12H2,1-2H3,(H,19,20). The van der Waals surface area contributed by atoms with Gasteiger partial charge >= 0.3 is 0 Å². The van der Waals surface area contributed by atoms with Gasteiger partial charge in [0.25, 0.3) is 5.91 Å². The lowest BCUT2D eigenvalue weighted by molar-refractivity contribution is 0.0497. The summed E-state index contributed by atoms with van der Waals surface area (Å²) in [6.45, 7) is 8.19. The largest absolute Gasteiger partial charge is 0.335 e. The maximum Gasteiger partial charge on any atom is 0.274 e. The van der Waals surface area contributed by atoms with Gasteiger partial charge in [-0.3, -0.25) is 14.8 Å². The van der Waals surface area contributed by atoms with Crippen molar-refractivity contribution < 1.29 is 4.79 Å². The highest BCUT2D eigenvalue weighted by Crippen LogP contribution is 2.27. The third-order valence-corrected chi connectivity index (χ3v) is 5.47. The monoisotopic (exact) mass is 318 g/mol. The third-order valence-electron chi connectivity index (χ3n) is 5.47. The van der Waals surface area contributed by atoms with Crippen LogP contribution < -0.4 is 0 Å². The zero-order chi connectivity index (χ0) is 16.2. The van der Waals surface area contributed by atoms with E-state index in [-0.39, 0.29) is 5.91 Å². The number of hydrogen-bond donors (Lipinski definition) is 1. The summed E-state index contributed by atoms with van der Waals surface area (Å²) >= 11 is 0. The van der Waals surface area contributed by atoms with Gasteiger partial charge < -0.3 is 4.90 Å². The van der Waals surface area contributed by atoms with Crippen LogP contribution in [-0.2, 0) is 6.42 Å². The molecular formula is C18H30N4O. The van der Waals surface area contributed by atoms with Gasteiger partial charge in [-0.2, -0.15) is 5.10 Å². The minimum atomic E-state index is 0.0838. The number of aromatic nitrogens is 2. The fourth-order valence-electron chi connectivity index (χ4n) is 3.93. The first-order valence-corrected chi connectivity index (χ1v) is 9.25. The van der Waals surface area contributed by atoms with Crippen LogP contribution in [0.3, 0.4) is 0 Å². The Morgan fingerprint density at radius 3 is 2.57 bits per heavy atom. The molecule has 0 spiro atoms. The molecule has 128 valence electrons. The first kappa shape index (κ1) is 16.5. The highest BCUT2D eigenvalue weighted by atomic mass is 16.2. The summed E-state index contributed by atoms with van der Waals surface area (Å²) in [5, 5.41) is 7.18. The molecule has 0 bridgehead atoms.